The highest BCUT2D eigenvalue weighted by Crippen LogP contribution is 2.29. The van der Waals surface area contributed by atoms with Crippen LogP contribution in [-0.2, 0) is 4.74 Å². The Bertz CT molecular complexity index is 998. The van der Waals surface area contributed by atoms with Gasteiger partial charge in [-0.2, -0.15) is 0 Å². The maximum absolute atomic E-state index is 14.3. The molecule has 0 amide bonds. The molecule has 134 valence electrons. The molecule has 0 radical (unpaired) electrons. The van der Waals surface area contributed by atoms with Gasteiger partial charge in [0.25, 0.3) is 0 Å². The number of aromatic nitrogens is 3. The molecule has 1 aliphatic rings. The van der Waals surface area contributed by atoms with Crippen LogP contribution in [0, 0.1) is 11.6 Å². The molecule has 3 aromatic rings. The molecule has 0 bridgehead atoms. The maximum Gasteiger partial charge on any atom is 0.201 e. The number of nitrogens with two attached hydrogens (primary N) is 1. The van der Waals surface area contributed by atoms with Crippen molar-refractivity contribution in [3.63, 3.8) is 0 Å². The molecule has 1 aliphatic heterocycles. The largest absolute Gasteiger partial charge is 0.396 e. The van der Waals surface area contributed by atoms with Crippen LogP contribution in [-0.4, -0.2) is 40.0 Å². The topological polar surface area (TPSA) is 106 Å². The lowest BCUT2D eigenvalue weighted by atomic mass is 10.0. The monoisotopic (exact) mass is 359 g/mol. The summed E-state index contributed by atoms with van der Waals surface area (Å²) in [7, 11) is 0. The molecule has 1 unspecified atom stereocenters. The molecule has 2 aromatic heterocycles. The van der Waals surface area contributed by atoms with Gasteiger partial charge in [-0.3, -0.25) is 4.79 Å². The summed E-state index contributed by atoms with van der Waals surface area (Å²) in [6, 6.07) is 2.07. The number of nitrogens with one attached hydrogen (secondary N) is 2. The van der Waals surface area contributed by atoms with Crippen molar-refractivity contribution in [3.8, 4) is 0 Å². The minimum absolute atomic E-state index is 0.0341. The Hall–Kier alpha value is -3.07. The third-order valence-corrected chi connectivity index (χ3v) is 4.33. The van der Waals surface area contributed by atoms with Gasteiger partial charge < -0.3 is 20.8 Å². The molecule has 1 aromatic carbocycles. The van der Waals surface area contributed by atoms with E-state index in [0.29, 0.717) is 30.1 Å². The minimum Gasteiger partial charge on any atom is -0.396 e. The van der Waals surface area contributed by atoms with Crippen LogP contribution in [0.4, 0.5) is 20.3 Å². The van der Waals surface area contributed by atoms with Crippen molar-refractivity contribution in [2.45, 2.75) is 12.5 Å². The number of hydrogen-bond donors (Lipinski definition) is 3. The Morgan fingerprint density at radius 2 is 2.19 bits per heavy atom. The van der Waals surface area contributed by atoms with Gasteiger partial charge in [0.15, 0.2) is 5.82 Å². The molecular formula is C17H15F2N5O2. The van der Waals surface area contributed by atoms with Crippen LogP contribution in [0.25, 0.3) is 11.0 Å². The Morgan fingerprint density at radius 1 is 1.35 bits per heavy atom. The summed E-state index contributed by atoms with van der Waals surface area (Å²) in [6.45, 7) is 1.14. The Morgan fingerprint density at radius 3 is 2.96 bits per heavy atom. The summed E-state index contributed by atoms with van der Waals surface area (Å²) >= 11 is 0. The third kappa shape index (κ3) is 2.66. The average molecular weight is 359 g/mol. The van der Waals surface area contributed by atoms with E-state index in [4.69, 9.17) is 10.5 Å². The first kappa shape index (κ1) is 16.4. The third-order valence-electron chi connectivity index (χ3n) is 4.33. The van der Waals surface area contributed by atoms with Gasteiger partial charge in [-0.25, -0.2) is 18.7 Å². The smallest absolute Gasteiger partial charge is 0.201 e. The number of hydrogen-bond acceptors (Lipinski definition) is 6. The normalized spacial score (nSPS) is 16.9. The summed E-state index contributed by atoms with van der Waals surface area (Å²) in [5.41, 5.74) is 4.92. The Balaban J connectivity index is 1.82. The Labute approximate surface area is 146 Å². The predicted octanol–water partition coefficient (Wildman–Crippen LogP) is 2.25. The number of aromatic amines is 1. The molecule has 0 aliphatic carbocycles. The van der Waals surface area contributed by atoms with E-state index in [9.17, 15) is 13.6 Å². The van der Waals surface area contributed by atoms with Gasteiger partial charge in [-0.1, -0.05) is 0 Å². The number of benzene rings is 1. The van der Waals surface area contributed by atoms with Crippen LogP contribution in [0.15, 0.2) is 24.7 Å². The van der Waals surface area contributed by atoms with Crippen LogP contribution in [0.1, 0.15) is 22.3 Å². The molecule has 3 heterocycles. The quantitative estimate of drug-likeness (QED) is 0.487. The number of carbonyl (C=O) groups excluding carboxylic acids is 1. The van der Waals surface area contributed by atoms with E-state index >= 15 is 0 Å². The number of rotatable bonds is 4. The molecule has 0 spiro atoms. The molecular weight excluding hydrogens is 344 g/mol. The minimum atomic E-state index is -1.08. The molecule has 26 heavy (non-hydrogen) atoms. The summed E-state index contributed by atoms with van der Waals surface area (Å²) in [6.07, 6.45) is 3.49. The first-order valence-electron chi connectivity index (χ1n) is 8.00. The lowest BCUT2D eigenvalue weighted by molar-refractivity contribution is 0.103. The molecule has 9 heteroatoms. The molecule has 4 N–H and O–H groups in total. The predicted molar refractivity (Wildman–Crippen MR) is 90.9 cm³/mol. The standard InChI is InChI=1S/C17H15F2N5O2/c18-10-1-2-11(20)14(19)13(10)15(25)9-5-21-16-12(9)17(23-7-22-16)24-8-3-4-26-6-8/h1-2,5,7-8H,3-4,6,20H2,(H2,21,22,23,24). The number of nitrogens with zero attached hydrogens (tertiary/aromatic N) is 2. The van der Waals surface area contributed by atoms with Gasteiger partial charge in [0.1, 0.15) is 23.6 Å². The van der Waals surface area contributed by atoms with Gasteiger partial charge in [-0.05, 0) is 18.6 Å². The van der Waals surface area contributed by atoms with Crippen LogP contribution in [0.2, 0.25) is 0 Å². The van der Waals surface area contributed by atoms with E-state index in [1.807, 2.05) is 0 Å². The molecule has 0 saturated carbocycles. The molecule has 1 saturated heterocycles. The summed E-state index contributed by atoms with van der Waals surface area (Å²) in [5.74, 6) is -2.50. The molecule has 1 atom stereocenters. The number of fused-ring (bicyclic) bond motifs is 1. The van der Waals surface area contributed by atoms with Crippen LogP contribution < -0.4 is 11.1 Å². The van der Waals surface area contributed by atoms with E-state index in [1.165, 1.54) is 12.5 Å². The number of halogens is 2. The molecule has 7 nitrogen and oxygen atoms in total. The van der Waals surface area contributed by atoms with Crippen molar-refractivity contribution < 1.29 is 18.3 Å². The SMILES string of the molecule is Nc1ccc(F)c(C(=O)c2c[nH]c3ncnc(NC4CCOC4)c23)c1F. The second kappa shape index (κ2) is 6.34. The molecule has 1 fully saturated rings. The fraction of sp³-hybridized carbons (Fsp3) is 0.235. The highest BCUT2D eigenvalue weighted by atomic mass is 19.1. The van der Waals surface area contributed by atoms with Gasteiger partial charge in [-0.15, -0.1) is 0 Å². The molecule has 4 rings (SSSR count). The first-order chi connectivity index (χ1) is 12.6. The van der Waals surface area contributed by atoms with Crippen molar-refractivity contribution in [3.05, 3.63) is 47.4 Å². The highest BCUT2D eigenvalue weighted by molar-refractivity contribution is 6.18. The first-order valence-corrected chi connectivity index (χ1v) is 8.00. The van der Waals surface area contributed by atoms with Crippen molar-refractivity contribution in [2.75, 3.05) is 24.3 Å². The van der Waals surface area contributed by atoms with Crippen LogP contribution in [0.3, 0.4) is 0 Å². The number of ether oxygens (including phenoxy) is 1. The number of ketones is 1. The number of nitrogen functional groups attached to an aromatic ring is 1. The number of carbonyl (C=O) groups is 1. The summed E-state index contributed by atoms with van der Waals surface area (Å²) in [4.78, 5) is 23.9. The fourth-order valence-electron chi connectivity index (χ4n) is 3.00. The van der Waals surface area contributed by atoms with E-state index in [1.54, 1.807) is 0 Å². The summed E-state index contributed by atoms with van der Waals surface area (Å²) < 4.78 is 33.7. The second-order valence-corrected chi connectivity index (χ2v) is 6.01. The number of anilines is 2. The van der Waals surface area contributed by atoms with E-state index < -0.39 is 23.0 Å². The lowest BCUT2D eigenvalue weighted by Gasteiger charge is -2.13. The second-order valence-electron chi connectivity index (χ2n) is 6.01. The Kier molecular flexibility index (Phi) is 4.00. The zero-order chi connectivity index (χ0) is 18.3. The van der Waals surface area contributed by atoms with Crippen LogP contribution >= 0.6 is 0 Å². The fourth-order valence-corrected chi connectivity index (χ4v) is 3.00. The number of H-pyrrole nitrogens is 1. The van der Waals surface area contributed by atoms with Gasteiger partial charge in [0.05, 0.1) is 34.8 Å². The zero-order valence-corrected chi connectivity index (χ0v) is 13.6. The maximum atomic E-state index is 14.3. The van der Waals surface area contributed by atoms with E-state index in [0.717, 1.165) is 18.6 Å². The summed E-state index contributed by atoms with van der Waals surface area (Å²) in [5, 5.41) is 3.56. The lowest BCUT2D eigenvalue weighted by Crippen LogP contribution is -2.20. The average Bonchev–Trinajstić information content (AvgIpc) is 3.28. The van der Waals surface area contributed by atoms with E-state index in [2.05, 4.69) is 20.3 Å². The van der Waals surface area contributed by atoms with E-state index in [-0.39, 0.29) is 17.3 Å². The van der Waals surface area contributed by atoms with Gasteiger partial charge in [0.2, 0.25) is 5.78 Å². The highest BCUT2D eigenvalue weighted by Gasteiger charge is 2.26. The van der Waals surface area contributed by atoms with Crippen molar-refractivity contribution in [1.82, 2.24) is 15.0 Å². The van der Waals surface area contributed by atoms with Gasteiger partial charge >= 0.3 is 0 Å². The van der Waals surface area contributed by atoms with Crippen molar-refractivity contribution in [1.29, 1.82) is 0 Å². The van der Waals surface area contributed by atoms with Crippen molar-refractivity contribution >= 4 is 28.3 Å². The van der Waals surface area contributed by atoms with Crippen LogP contribution in [0.5, 0.6) is 0 Å². The zero-order valence-electron chi connectivity index (χ0n) is 13.6. The van der Waals surface area contributed by atoms with Crippen molar-refractivity contribution in [2.24, 2.45) is 0 Å². The van der Waals surface area contributed by atoms with Gasteiger partial charge in [0, 0.05) is 12.8 Å².